The van der Waals surface area contributed by atoms with Gasteiger partial charge in [0.05, 0.1) is 11.7 Å². The summed E-state index contributed by atoms with van der Waals surface area (Å²) in [6, 6.07) is 4.77. The molecule has 1 aromatic carbocycles. The van der Waals surface area contributed by atoms with Crippen LogP contribution in [0.3, 0.4) is 0 Å². The van der Waals surface area contributed by atoms with Crippen molar-refractivity contribution < 1.29 is 8.78 Å². The van der Waals surface area contributed by atoms with Crippen LogP contribution in [0.2, 0.25) is 10.3 Å². The summed E-state index contributed by atoms with van der Waals surface area (Å²) < 4.78 is 27.4. The summed E-state index contributed by atoms with van der Waals surface area (Å²) in [5.41, 5.74) is 1.21. The summed E-state index contributed by atoms with van der Waals surface area (Å²) in [6.45, 7) is 3.43. The second-order valence-electron chi connectivity index (χ2n) is 4.43. The van der Waals surface area contributed by atoms with Crippen molar-refractivity contribution in [1.82, 2.24) is 4.98 Å². The maximum absolute atomic E-state index is 13.7. The van der Waals surface area contributed by atoms with Crippen LogP contribution in [0.25, 0.3) is 0 Å². The van der Waals surface area contributed by atoms with Crippen molar-refractivity contribution >= 4 is 28.9 Å². The van der Waals surface area contributed by atoms with E-state index in [9.17, 15) is 8.78 Å². The summed E-state index contributed by atoms with van der Waals surface area (Å²) in [4.78, 5) is 3.91. The van der Waals surface area contributed by atoms with E-state index in [0.717, 1.165) is 5.56 Å². The molecule has 1 atom stereocenters. The summed E-state index contributed by atoms with van der Waals surface area (Å²) in [5, 5.41) is 3.40. The minimum Gasteiger partial charge on any atom is -0.376 e. The van der Waals surface area contributed by atoms with Crippen LogP contribution in [-0.4, -0.2) is 4.98 Å². The molecule has 2 rings (SSSR count). The molecule has 0 saturated carbocycles. The van der Waals surface area contributed by atoms with E-state index < -0.39 is 17.7 Å². The predicted octanol–water partition coefficient (Wildman–Crippen LogP) is 5.15. The molecule has 2 aromatic rings. The number of nitrogens with one attached hydrogen (secondary N) is 1. The quantitative estimate of drug-likeness (QED) is 0.792. The number of pyridine rings is 1. The van der Waals surface area contributed by atoms with E-state index in [0.29, 0.717) is 5.69 Å². The van der Waals surface area contributed by atoms with Gasteiger partial charge in [-0.3, -0.25) is 0 Å². The third kappa shape index (κ3) is 3.02. The number of nitrogens with zero attached hydrogens (tertiary/aromatic N) is 1. The van der Waals surface area contributed by atoms with E-state index in [1.54, 1.807) is 19.9 Å². The van der Waals surface area contributed by atoms with Gasteiger partial charge >= 0.3 is 0 Å². The Kier molecular flexibility index (Phi) is 4.45. The molecule has 0 aliphatic rings. The van der Waals surface area contributed by atoms with E-state index in [2.05, 4.69) is 10.3 Å². The molecule has 1 N–H and O–H groups in total. The molecular formula is C14H12Cl2F2N2. The Bertz CT molecular complexity index is 604. The molecule has 6 heteroatoms. The Balaban J connectivity index is 2.35. The average molecular weight is 317 g/mol. The smallest absolute Gasteiger partial charge is 0.154 e. The number of hydrogen-bond donors (Lipinski definition) is 1. The van der Waals surface area contributed by atoms with Gasteiger partial charge in [0.25, 0.3) is 0 Å². The third-order valence-corrected chi connectivity index (χ3v) is 3.40. The van der Waals surface area contributed by atoms with Crippen molar-refractivity contribution in [1.29, 1.82) is 0 Å². The largest absolute Gasteiger partial charge is 0.376 e. The summed E-state index contributed by atoms with van der Waals surface area (Å²) in [6.07, 6.45) is 0. The number of hydrogen-bond acceptors (Lipinski definition) is 2. The van der Waals surface area contributed by atoms with E-state index >= 15 is 0 Å². The van der Waals surface area contributed by atoms with Crippen LogP contribution in [0, 0.1) is 18.6 Å². The first-order valence-electron chi connectivity index (χ1n) is 5.93. The molecule has 0 fully saturated rings. The number of halogens is 4. The Morgan fingerprint density at radius 3 is 2.35 bits per heavy atom. The van der Waals surface area contributed by atoms with Crippen LogP contribution in [-0.2, 0) is 0 Å². The second kappa shape index (κ2) is 5.94. The topological polar surface area (TPSA) is 24.9 Å². The molecule has 0 saturated heterocycles. The molecule has 0 spiro atoms. The molecule has 0 aliphatic carbocycles. The highest BCUT2D eigenvalue weighted by atomic mass is 35.5. The highest BCUT2D eigenvalue weighted by Gasteiger charge is 2.18. The minimum absolute atomic E-state index is 0.0436. The Morgan fingerprint density at radius 2 is 1.80 bits per heavy atom. The van der Waals surface area contributed by atoms with Crippen molar-refractivity contribution in [3.05, 3.63) is 57.3 Å². The first-order chi connectivity index (χ1) is 9.40. The molecule has 1 aromatic heterocycles. The molecule has 0 bridgehead atoms. The van der Waals surface area contributed by atoms with Crippen molar-refractivity contribution in [2.45, 2.75) is 19.9 Å². The summed E-state index contributed by atoms with van der Waals surface area (Å²) in [7, 11) is 0. The van der Waals surface area contributed by atoms with Crippen LogP contribution in [0.4, 0.5) is 14.5 Å². The minimum atomic E-state index is -0.610. The van der Waals surface area contributed by atoms with Gasteiger partial charge in [-0.1, -0.05) is 29.3 Å². The third-order valence-electron chi connectivity index (χ3n) is 2.93. The zero-order valence-corrected chi connectivity index (χ0v) is 12.4. The molecule has 106 valence electrons. The highest BCUT2D eigenvalue weighted by molar-refractivity contribution is 6.34. The molecule has 0 amide bonds. The lowest BCUT2D eigenvalue weighted by Crippen LogP contribution is -2.12. The predicted molar refractivity (Wildman–Crippen MR) is 77.4 cm³/mol. The van der Waals surface area contributed by atoms with Crippen LogP contribution < -0.4 is 5.32 Å². The fraction of sp³-hybridized carbons (Fsp3) is 0.214. The lowest BCUT2D eigenvalue weighted by Gasteiger charge is -2.19. The number of aryl methyl sites for hydroxylation is 1. The van der Waals surface area contributed by atoms with Crippen molar-refractivity contribution in [2.24, 2.45) is 0 Å². The van der Waals surface area contributed by atoms with Gasteiger partial charge in [-0.2, -0.15) is 0 Å². The molecule has 1 heterocycles. The molecule has 1 unspecified atom stereocenters. The van der Waals surface area contributed by atoms with Gasteiger partial charge in [-0.05, 0) is 37.6 Å². The molecular weight excluding hydrogens is 305 g/mol. The lowest BCUT2D eigenvalue weighted by molar-refractivity contribution is 0.544. The number of aromatic nitrogens is 1. The standard InChI is InChI=1S/C14H12Cl2F2N2/c1-7-6-11(15)20-14(16)13(7)19-8(2)12-9(17)4-3-5-10(12)18/h3-6,8,19H,1-2H3. The van der Waals surface area contributed by atoms with Gasteiger partial charge < -0.3 is 5.32 Å². The Morgan fingerprint density at radius 1 is 1.20 bits per heavy atom. The molecule has 0 aliphatic heterocycles. The van der Waals surface area contributed by atoms with Crippen molar-refractivity contribution in [3.8, 4) is 0 Å². The monoisotopic (exact) mass is 316 g/mol. The SMILES string of the molecule is Cc1cc(Cl)nc(Cl)c1NC(C)c1c(F)cccc1F. The molecule has 0 radical (unpaired) electrons. The van der Waals surface area contributed by atoms with Crippen molar-refractivity contribution in [2.75, 3.05) is 5.32 Å². The average Bonchev–Trinajstić information content (AvgIpc) is 2.33. The number of rotatable bonds is 3. The van der Waals surface area contributed by atoms with Crippen molar-refractivity contribution in [3.63, 3.8) is 0 Å². The molecule has 2 nitrogen and oxygen atoms in total. The lowest BCUT2D eigenvalue weighted by atomic mass is 10.1. The fourth-order valence-corrected chi connectivity index (χ4v) is 2.57. The van der Waals surface area contributed by atoms with Crippen LogP contribution in [0.5, 0.6) is 0 Å². The van der Waals surface area contributed by atoms with Crippen LogP contribution in [0.15, 0.2) is 24.3 Å². The maximum atomic E-state index is 13.7. The van der Waals surface area contributed by atoms with E-state index in [4.69, 9.17) is 23.2 Å². The first kappa shape index (κ1) is 15.0. The highest BCUT2D eigenvalue weighted by Crippen LogP contribution is 2.31. The Hall–Kier alpha value is -1.39. The normalized spacial score (nSPS) is 12.3. The van der Waals surface area contributed by atoms with E-state index in [-0.39, 0.29) is 15.9 Å². The fourth-order valence-electron chi connectivity index (χ4n) is 1.98. The van der Waals surface area contributed by atoms with Gasteiger partial charge in [-0.15, -0.1) is 0 Å². The van der Waals surface area contributed by atoms with Gasteiger partial charge in [0, 0.05) is 5.56 Å². The van der Waals surface area contributed by atoms with E-state index in [1.165, 1.54) is 18.2 Å². The van der Waals surface area contributed by atoms with Gasteiger partial charge in [0.2, 0.25) is 0 Å². The maximum Gasteiger partial charge on any atom is 0.154 e. The zero-order chi connectivity index (χ0) is 14.9. The number of benzene rings is 1. The van der Waals surface area contributed by atoms with Crippen LogP contribution in [0.1, 0.15) is 24.1 Å². The van der Waals surface area contributed by atoms with Gasteiger partial charge in [0.15, 0.2) is 5.15 Å². The Labute approximate surface area is 125 Å². The summed E-state index contributed by atoms with van der Waals surface area (Å²) in [5.74, 6) is -1.22. The second-order valence-corrected chi connectivity index (χ2v) is 5.17. The first-order valence-corrected chi connectivity index (χ1v) is 6.69. The van der Waals surface area contributed by atoms with E-state index in [1.807, 2.05) is 0 Å². The van der Waals surface area contributed by atoms with Gasteiger partial charge in [-0.25, -0.2) is 13.8 Å². The van der Waals surface area contributed by atoms with Crippen LogP contribution >= 0.6 is 23.2 Å². The molecule has 20 heavy (non-hydrogen) atoms. The zero-order valence-electron chi connectivity index (χ0n) is 10.8. The summed E-state index contributed by atoms with van der Waals surface area (Å²) >= 11 is 11.8. The number of anilines is 1. The van der Waals surface area contributed by atoms with Gasteiger partial charge in [0.1, 0.15) is 16.8 Å².